The van der Waals surface area contributed by atoms with Crippen LogP contribution in [-0.2, 0) is 14.2 Å². The summed E-state index contributed by atoms with van der Waals surface area (Å²) >= 11 is 0. The number of ether oxygens (including phenoxy) is 3. The van der Waals surface area contributed by atoms with Crippen LogP contribution in [0.3, 0.4) is 0 Å². The smallest absolute Gasteiger partial charge is 0.338 e. The molecule has 4 heteroatoms. The molecule has 0 N–H and O–H groups in total. The van der Waals surface area contributed by atoms with Crippen LogP contribution >= 0.6 is 0 Å². The van der Waals surface area contributed by atoms with Gasteiger partial charge in [0, 0.05) is 5.56 Å². The highest BCUT2D eigenvalue weighted by molar-refractivity contribution is 5.89. The van der Waals surface area contributed by atoms with Crippen LogP contribution in [0.25, 0.3) is 5.76 Å². The molecule has 0 bridgehead atoms. The highest BCUT2D eigenvalue weighted by Gasteiger charge is 2.19. The van der Waals surface area contributed by atoms with Crippen LogP contribution in [0.2, 0.25) is 0 Å². The van der Waals surface area contributed by atoms with Crippen molar-refractivity contribution in [3.05, 3.63) is 78.1 Å². The second-order valence-corrected chi connectivity index (χ2v) is 4.88. The predicted molar refractivity (Wildman–Crippen MR) is 82.0 cm³/mol. The van der Waals surface area contributed by atoms with E-state index in [9.17, 15) is 4.79 Å². The van der Waals surface area contributed by atoms with Gasteiger partial charge in [0.1, 0.15) is 19.5 Å². The van der Waals surface area contributed by atoms with E-state index in [1.54, 1.807) is 30.5 Å². The van der Waals surface area contributed by atoms with Crippen molar-refractivity contribution in [1.82, 2.24) is 0 Å². The molecule has 1 aliphatic rings. The lowest BCUT2D eigenvalue weighted by atomic mass is 10.2. The van der Waals surface area contributed by atoms with Gasteiger partial charge in [-0.25, -0.2) is 4.79 Å². The second-order valence-electron chi connectivity index (χ2n) is 4.88. The summed E-state index contributed by atoms with van der Waals surface area (Å²) < 4.78 is 16.5. The number of rotatable bonds is 4. The molecule has 0 aromatic heterocycles. The van der Waals surface area contributed by atoms with Crippen molar-refractivity contribution in [3.8, 4) is 0 Å². The van der Waals surface area contributed by atoms with Gasteiger partial charge in [0.2, 0.25) is 0 Å². The molecule has 0 spiro atoms. The summed E-state index contributed by atoms with van der Waals surface area (Å²) in [6.45, 7) is 0.509. The summed E-state index contributed by atoms with van der Waals surface area (Å²) in [5, 5.41) is 0. The van der Waals surface area contributed by atoms with Crippen molar-refractivity contribution in [2.75, 3.05) is 13.2 Å². The molecule has 0 radical (unpaired) electrons. The highest BCUT2D eigenvalue weighted by Crippen LogP contribution is 2.20. The minimum atomic E-state index is -0.359. The van der Waals surface area contributed by atoms with E-state index >= 15 is 0 Å². The zero-order valence-electron chi connectivity index (χ0n) is 12.0. The number of carbonyl (C=O) groups excluding carboxylic acids is 1. The van der Waals surface area contributed by atoms with Gasteiger partial charge in [-0.2, -0.15) is 0 Å². The van der Waals surface area contributed by atoms with E-state index in [1.165, 1.54) is 0 Å². The van der Waals surface area contributed by atoms with Gasteiger partial charge in [-0.05, 0) is 12.1 Å². The maximum absolute atomic E-state index is 11.8. The first-order valence-electron chi connectivity index (χ1n) is 7.09. The molecule has 2 aromatic rings. The first kappa shape index (κ1) is 14.2. The summed E-state index contributed by atoms with van der Waals surface area (Å²) in [4.78, 5) is 11.8. The van der Waals surface area contributed by atoms with E-state index in [0.717, 1.165) is 5.56 Å². The zero-order chi connectivity index (χ0) is 15.2. The van der Waals surface area contributed by atoms with Crippen molar-refractivity contribution in [2.45, 2.75) is 6.10 Å². The molecule has 1 aliphatic heterocycles. The standard InChI is InChI=1S/C18H16O4/c19-18(15-9-5-2-6-10-15)22-12-16-11-21-17(13-20-16)14-7-3-1-4-8-14/h1-10,13,16H,11-12H2. The topological polar surface area (TPSA) is 44.8 Å². The Morgan fingerprint density at radius 1 is 1.05 bits per heavy atom. The molecular weight excluding hydrogens is 280 g/mol. The fourth-order valence-electron chi connectivity index (χ4n) is 2.08. The molecule has 0 aliphatic carbocycles. The fourth-order valence-corrected chi connectivity index (χ4v) is 2.08. The molecule has 0 amide bonds. The SMILES string of the molecule is O=C(OCC1COC(c2ccccc2)=CO1)c1ccccc1. The van der Waals surface area contributed by atoms with Crippen molar-refractivity contribution in [2.24, 2.45) is 0 Å². The molecule has 22 heavy (non-hydrogen) atoms. The Bertz CT molecular complexity index is 649. The summed E-state index contributed by atoms with van der Waals surface area (Å²) in [5.74, 6) is 0.327. The monoisotopic (exact) mass is 296 g/mol. The predicted octanol–water partition coefficient (Wildman–Crippen LogP) is 3.26. The lowest BCUT2D eigenvalue weighted by molar-refractivity contribution is -0.0101. The Morgan fingerprint density at radius 2 is 1.73 bits per heavy atom. The Kier molecular flexibility index (Phi) is 4.39. The zero-order valence-corrected chi connectivity index (χ0v) is 12.0. The third-order valence-electron chi connectivity index (χ3n) is 3.26. The average molecular weight is 296 g/mol. The number of benzene rings is 2. The quantitative estimate of drug-likeness (QED) is 0.812. The first-order chi connectivity index (χ1) is 10.8. The van der Waals surface area contributed by atoms with Crippen molar-refractivity contribution >= 4 is 11.7 Å². The van der Waals surface area contributed by atoms with Crippen LogP contribution < -0.4 is 0 Å². The maximum atomic E-state index is 11.8. The third-order valence-corrected chi connectivity index (χ3v) is 3.26. The number of esters is 1. The van der Waals surface area contributed by atoms with Crippen molar-refractivity contribution in [3.63, 3.8) is 0 Å². The summed E-state index contributed by atoms with van der Waals surface area (Å²) in [6, 6.07) is 18.6. The van der Waals surface area contributed by atoms with Gasteiger partial charge in [0.05, 0.1) is 5.56 Å². The van der Waals surface area contributed by atoms with Crippen LogP contribution in [0, 0.1) is 0 Å². The first-order valence-corrected chi connectivity index (χ1v) is 7.09. The minimum Gasteiger partial charge on any atom is -0.487 e. The van der Waals surface area contributed by atoms with Gasteiger partial charge < -0.3 is 14.2 Å². The Labute approximate surface area is 128 Å². The molecule has 4 nitrogen and oxygen atoms in total. The van der Waals surface area contributed by atoms with E-state index < -0.39 is 0 Å². The van der Waals surface area contributed by atoms with Crippen LogP contribution in [0.15, 0.2) is 66.9 Å². The molecule has 0 saturated carbocycles. The van der Waals surface area contributed by atoms with Gasteiger partial charge in [0.15, 0.2) is 11.9 Å². The molecule has 1 unspecified atom stereocenters. The minimum absolute atomic E-state index is 0.159. The van der Waals surface area contributed by atoms with Crippen LogP contribution in [0.1, 0.15) is 15.9 Å². The summed E-state index contributed by atoms with van der Waals surface area (Å²) in [5.41, 5.74) is 1.49. The fraction of sp³-hybridized carbons (Fsp3) is 0.167. The van der Waals surface area contributed by atoms with Gasteiger partial charge in [-0.3, -0.25) is 0 Å². The normalized spacial score (nSPS) is 16.9. The maximum Gasteiger partial charge on any atom is 0.338 e. The second kappa shape index (κ2) is 6.80. The molecule has 1 atom stereocenters. The van der Waals surface area contributed by atoms with E-state index in [1.807, 2.05) is 36.4 Å². The van der Waals surface area contributed by atoms with Crippen LogP contribution in [-0.4, -0.2) is 25.3 Å². The molecule has 112 valence electrons. The number of hydrogen-bond donors (Lipinski definition) is 0. The van der Waals surface area contributed by atoms with Crippen LogP contribution in [0.4, 0.5) is 0 Å². The van der Waals surface area contributed by atoms with Gasteiger partial charge in [0.25, 0.3) is 0 Å². The average Bonchev–Trinajstić information content (AvgIpc) is 2.61. The number of carbonyl (C=O) groups is 1. The Hall–Kier alpha value is -2.75. The van der Waals surface area contributed by atoms with Crippen LogP contribution in [0.5, 0.6) is 0 Å². The summed E-state index contributed by atoms with van der Waals surface area (Å²) in [6.07, 6.45) is 1.28. The van der Waals surface area contributed by atoms with Gasteiger partial charge in [-0.15, -0.1) is 0 Å². The largest absolute Gasteiger partial charge is 0.487 e. The number of hydrogen-bond acceptors (Lipinski definition) is 4. The molecule has 2 aromatic carbocycles. The third kappa shape index (κ3) is 3.47. The molecule has 1 heterocycles. The Balaban J connectivity index is 1.52. The van der Waals surface area contributed by atoms with Gasteiger partial charge >= 0.3 is 5.97 Å². The summed E-state index contributed by atoms with van der Waals surface area (Å²) in [7, 11) is 0. The molecule has 0 fully saturated rings. The van der Waals surface area contributed by atoms with Gasteiger partial charge in [-0.1, -0.05) is 48.5 Å². The molecule has 3 rings (SSSR count). The van der Waals surface area contributed by atoms with E-state index in [4.69, 9.17) is 14.2 Å². The lowest BCUT2D eigenvalue weighted by Gasteiger charge is -2.23. The van der Waals surface area contributed by atoms with E-state index in [0.29, 0.717) is 17.9 Å². The van der Waals surface area contributed by atoms with E-state index in [2.05, 4.69) is 0 Å². The van der Waals surface area contributed by atoms with Crippen molar-refractivity contribution < 1.29 is 19.0 Å². The Morgan fingerprint density at radius 3 is 2.36 bits per heavy atom. The highest BCUT2D eigenvalue weighted by atomic mass is 16.6. The molecule has 0 saturated heterocycles. The molecular formula is C18H16O4. The van der Waals surface area contributed by atoms with Crippen molar-refractivity contribution in [1.29, 1.82) is 0 Å². The lowest BCUT2D eigenvalue weighted by Crippen LogP contribution is -2.28. The van der Waals surface area contributed by atoms with E-state index in [-0.39, 0.29) is 18.7 Å².